The summed E-state index contributed by atoms with van der Waals surface area (Å²) in [5, 5.41) is 9.41. The fourth-order valence-electron chi connectivity index (χ4n) is 2.57. The van der Waals surface area contributed by atoms with Crippen LogP contribution in [0.4, 0.5) is 4.39 Å². The molecule has 1 fully saturated rings. The highest BCUT2D eigenvalue weighted by Crippen LogP contribution is 2.43. The average molecular weight is 264 g/mol. The fourth-order valence-corrected chi connectivity index (χ4v) is 2.57. The Balaban J connectivity index is 2.40. The Morgan fingerprint density at radius 2 is 2.16 bits per heavy atom. The van der Waals surface area contributed by atoms with E-state index in [2.05, 4.69) is 6.07 Å². The first-order chi connectivity index (χ1) is 9.04. The van der Waals surface area contributed by atoms with Crippen LogP contribution < -0.4 is 4.74 Å². The third kappa shape index (κ3) is 2.29. The molecule has 1 aromatic carbocycles. The Bertz CT molecular complexity index is 507. The van der Waals surface area contributed by atoms with E-state index in [1.165, 1.54) is 13.2 Å². The SMILES string of the molecule is COc1ccc(C(N(C)C)C2(C#N)COC2)cc1F. The second-order valence-corrected chi connectivity index (χ2v) is 5.02. The van der Waals surface area contributed by atoms with Gasteiger partial charge in [0.2, 0.25) is 0 Å². The minimum absolute atomic E-state index is 0.202. The smallest absolute Gasteiger partial charge is 0.165 e. The number of benzene rings is 1. The van der Waals surface area contributed by atoms with E-state index in [1.807, 2.05) is 19.0 Å². The zero-order chi connectivity index (χ0) is 14.0. The molecule has 1 heterocycles. The molecule has 102 valence electrons. The lowest BCUT2D eigenvalue weighted by atomic mass is 9.76. The van der Waals surface area contributed by atoms with Crippen molar-refractivity contribution in [3.63, 3.8) is 0 Å². The molecule has 1 saturated heterocycles. The third-order valence-corrected chi connectivity index (χ3v) is 3.47. The molecule has 0 saturated carbocycles. The van der Waals surface area contributed by atoms with Gasteiger partial charge in [0.25, 0.3) is 0 Å². The monoisotopic (exact) mass is 264 g/mol. The van der Waals surface area contributed by atoms with Gasteiger partial charge in [0, 0.05) is 0 Å². The summed E-state index contributed by atoms with van der Waals surface area (Å²) in [6.45, 7) is 0.750. The van der Waals surface area contributed by atoms with Gasteiger partial charge < -0.3 is 14.4 Å². The van der Waals surface area contributed by atoms with E-state index in [4.69, 9.17) is 9.47 Å². The molecular weight excluding hydrogens is 247 g/mol. The molecule has 0 spiro atoms. The maximum atomic E-state index is 13.8. The van der Waals surface area contributed by atoms with Crippen molar-refractivity contribution in [3.05, 3.63) is 29.6 Å². The van der Waals surface area contributed by atoms with Crippen LogP contribution in [0.2, 0.25) is 0 Å². The number of nitrogens with zero attached hydrogens (tertiary/aromatic N) is 2. The van der Waals surface area contributed by atoms with E-state index < -0.39 is 11.2 Å². The van der Waals surface area contributed by atoms with Crippen LogP contribution in [0.3, 0.4) is 0 Å². The van der Waals surface area contributed by atoms with Crippen molar-refractivity contribution in [3.8, 4) is 11.8 Å². The Kier molecular flexibility index (Phi) is 3.74. The quantitative estimate of drug-likeness (QED) is 0.834. The predicted octanol–water partition coefficient (Wildman–Crippen LogP) is 1.98. The zero-order valence-corrected chi connectivity index (χ0v) is 11.3. The summed E-state index contributed by atoms with van der Waals surface area (Å²) >= 11 is 0. The van der Waals surface area contributed by atoms with Crippen LogP contribution in [0.1, 0.15) is 11.6 Å². The first-order valence-corrected chi connectivity index (χ1v) is 6.03. The first kappa shape index (κ1) is 13.8. The molecular formula is C14H17FN2O2. The number of ether oxygens (including phenoxy) is 2. The second kappa shape index (κ2) is 5.16. The molecule has 1 unspecified atom stereocenters. The first-order valence-electron chi connectivity index (χ1n) is 6.03. The molecule has 0 bridgehead atoms. The standard InChI is InChI=1S/C14H17FN2O2/c1-17(2)13(14(7-16)8-19-9-14)10-4-5-12(18-3)11(15)6-10/h4-6,13H,8-9H2,1-3H3. The van der Waals surface area contributed by atoms with E-state index in [9.17, 15) is 9.65 Å². The number of hydrogen-bond donors (Lipinski definition) is 0. The highest BCUT2D eigenvalue weighted by atomic mass is 19.1. The van der Waals surface area contributed by atoms with Gasteiger partial charge in [-0.25, -0.2) is 4.39 Å². The molecule has 0 aromatic heterocycles. The number of hydrogen-bond acceptors (Lipinski definition) is 4. The van der Waals surface area contributed by atoms with Gasteiger partial charge in [-0.05, 0) is 31.8 Å². The van der Waals surface area contributed by atoms with Crippen LogP contribution in [0.5, 0.6) is 5.75 Å². The van der Waals surface area contributed by atoms with Crippen molar-refractivity contribution in [2.24, 2.45) is 5.41 Å². The fraction of sp³-hybridized carbons (Fsp3) is 0.500. The molecule has 1 atom stereocenters. The van der Waals surface area contributed by atoms with Gasteiger partial charge in [0.15, 0.2) is 11.6 Å². The molecule has 19 heavy (non-hydrogen) atoms. The summed E-state index contributed by atoms with van der Waals surface area (Å²) in [6, 6.07) is 6.94. The van der Waals surface area contributed by atoms with Crippen molar-refractivity contribution in [2.75, 3.05) is 34.4 Å². The van der Waals surface area contributed by atoms with Gasteiger partial charge in [-0.3, -0.25) is 0 Å². The number of rotatable bonds is 4. The summed E-state index contributed by atoms with van der Waals surface area (Å²) in [6.07, 6.45) is 0. The molecule has 1 aliphatic heterocycles. The summed E-state index contributed by atoms with van der Waals surface area (Å²) in [5.74, 6) is -0.211. The summed E-state index contributed by atoms with van der Waals surface area (Å²) in [5.41, 5.74) is 0.151. The molecule has 0 radical (unpaired) electrons. The Hall–Kier alpha value is -1.64. The van der Waals surface area contributed by atoms with Crippen LogP contribution >= 0.6 is 0 Å². The number of methoxy groups -OCH3 is 1. The molecule has 5 heteroatoms. The van der Waals surface area contributed by atoms with Crippen LogP contribution in [0.25, 0.3) is 0 Å². The van der Waals surface area contributed by atoms with E-state index in [-0.39, 0.29) is 11.8 Å². The molecule has 0 amide bonds. The predicted molar refractivity (Wildman–Crippen MR) is 68.2 cm³/mol. The molecule has 0 N–H and O–H groups in total. The van der Waals surface area contributed by atoms with Crippen molar-refractivity contribution < 1.29 is 13.9 Å². The van der Waals surface area contributed by atoms with Gasteiger partial charge in [0.1, 0.15) is 5.41 Å². The summed E-state index contributed by atoms with van der Waals surface area (Å²) < 4.78 is 23.9. The largest absolute Gasteiger partial charge is 0.494 e. The highest BCUT2D eigenvalue weighted by molar-refractivity contribution is 5.34. The summed E-state index contributed by atoms with van der Waals surface area (Å²) in [7, 11) is 5.19. The van der Waals surface area contributed by atoms with Crippen LogP contribution in [0.15, 0.2) is 18.2 Å². The Morgan fingerprint density at radius 3 is 2.53 bits per heavy atom. The van der Waals surface area contributed by atoms with E-state index >= 15 is 0 Å². The second-order valence-electron chi connectivity index (χ2n) is 5.02. The normalized spacial score (nSPS) is 18.5. The van der Waals surface area contributed by atoms with Crippen molar-refractivity contribution >= 4 is 0 Å². The lowest BCUT2D eigenvalue weighted by Crippen LogP contribution is -2.50. The molecule has 2 rings (SSSR count). The van der Waals surface area contributed by atoms with Crippen molar-refractivity contribution in [2.45, 2.75) is 6.04 Å². The average Bonchev–Trinajstić information content (AvgIpc) is 2.33. The van der Waals surface area contributed by atoms with Crippen LogP contribution in [-0.4, -0.2) is 39.3 Å². The van der Waals surface area contributed by atoms with Crippen LogP contribution in [0, 0.1) is 22.6 Å². The summed E-state index contributed by atoms with van der Waals surface area (Å²) in [4.78, 5) is 1.92. The van der Waals surface area contributed by atoms with Gasteiger partial charge in [0.05, 0.1) is 32.4 Å². The van der Waals surface area contributed by atoms with Gasteiger partial charge in [-0.15, -0.1) is 0 Å². The molecule has 0 aliphatic carbocycles. The van der Waals surface area contributed by atoms with Crippen LogP contribution in [-0.2, 0) is 4.74 Å². The van der Waals surface area contributed by atoms with Crippen molar-refractivity contribution in [1.82, 2.24) is 4.90 Å². The van der Waals surface area contributed by atoms with Gasteiger partial charge in [-0.1, -0.05) is 6.07 Å². The Morgan fingerprint density at radius 1 is 1.47 bits per heavy atom. The number of halogens is 1. The maximum Gasteiger partial charge on any atom is 0.165 e. The lowest BCUT2D eigenvalue weighted by Gasteiger charge is -2.44. The molecule has 4 nitrogen and oxygen atoms in total. The highest BCUT2D eigenvalue weighted by Gasteiger charge is 2.48. The van der Waals surface area contributed by atoms with Gasteiger partial charge in [-0.2, -0.15) is 5.26 Å². The minimum atomic E-state index is -0.607. The van der Waals surface area contributed by atoms with E-state index in [0.29, 0.717) is 13.2 Å². The van der Waals surface area contributed by atoms with Crippen molar-refractivity contribution in [1.29, 1.82) is 5.26 Å². The maximum absolute atomic E-state index is 13.8. The molecule has 1 aromatic rings. The zero-order valence-electron chi connectivity index (χ0n) is 11.3. The molecule has 1 aliphatic rings. The van der Waals surface area contributed by atoms with E-state index in [1.54, 1.807) is 12.1 Å². The topological polar surface area (TPSA) is 45.5 Å². The third-order valence-electron chi connectivity index (χ3n) is 3.47. The van der Waals surface area contributed by atoms with E-state index in [0.717, 1.165) is 5.56 Å². The van der Waals surface area contributed by atoms with Gasteiger partial charge >= 0.3 is 0 Å². The number of nitriles is 1. The minimum Gasteiger partial charge on any atom is -0.494 e. The Labute approximate surface area is 112 Å². The lowest BCUT2D eigenvalue weighted by molar-refractivity contribution is -0.115.